The van der Waals surface area contributed by atoms with Gasteiger partial charge < -0.3 is 0 Å². The lowest BCUT2D eigenvalue weighted by molar-refractivity contribution is -0.127. The molecule has 0 saturated carbocycles. The Kier molecular flexibility index (Phi) is 4.54. The van der Waals surface area contributed by atoms with Gasteiger partial charge in [0, 0.05) is 5.57 Å². The molecule has 0 unspecified atom stereocenters. The summed E-state index contributed by atoms with van der Waals surface area (Å²) in [6, 6.07) is 0. The van der Waals surface area contributed by atoms with Crippen LogP contribution in [0.25, 0.3) is 0 Å². The summed E-state index contributed by atoms with van der Waals surface area (Å²) >= 11 is 0. The van der Waals surface area contributed by atoms with Crippen molar-refractivity contribution in [2.75, 3.05) is 7.11 Å². The average Bonchev–Trinajstić information content (AvgIpc) is 1.86. The lowest BCUT2D eigenvalue weighted by atomic mass is 10.0. The minimum Gasteiger partial charge on any atom is -0.277 e. The highest BCUT2D eigenvalue weighted by Gasteiger charge is 2.07. The third kappa shape index (κ3) is 4.56. The van der Waals surface area contributed by atoms with Gasteiger partial charge in [0.25, 0.3) is 5.91 Å². The number of carbonyl (C=O) groups is 1. The van der Waals surface area contributed by atoms with Gasteiger partial charge in [0.05, 0.1) is 7.11 Å². The first-order chi connectivity index (χ1) is 5.07. The number of hydrogen-bond acceptors (Lipinski definition) is 2. The van der Waals surface area contributed by atoms with E-state index in [2.05, 4.69) is 16.9 Å². The van der Waals surface area contributed by atoms with Crippen molar-refractivity contribution < 1.29 is 9.63 Å². The van der Waals surface area contributed by atoms with Gasteiger partial charge in [-0.1, -0.05) is 20.4 Å². The molecule has 0 fully saturated rings. The van der Waals surface area contributed by atoms with Crippen molar-refractivity contribution in [3.8, 4) is 0 Å². The Morgan fingerprint density at radius 2 is 2.18 bits per heavy atom. The number of carbonyl (C=O) groups excluding carboxylic acids is 1. The fraction of sp³-hybridized carbons (Fsp3) is 0.625. The van der Waals surface area contributed by atoms with E-state index in [1.807, 2.05) is 13.8 Å². The lowest BCUT2D eigenvalue weighted by Crippen LogP contribution is -2.23. The van der Waals surface area contributed by atoms with Crippen LogP contribution in [0.3, 0.4) is 0 Å². The number of nitrogens with one attached hydrogen (secondary N) is 1. The molecule has 0 aromatic rings. The highest BCUT2D eigenvalue weighted by Crippen LogP contribution is 2.07. The Balaban J connectivity index is 3.74. The van der Waals surface area contributed by atoms with Gasteiger partial charge in [0.1, 0.15) is 0 Å². The van der Waals surface area contributed by atoms with Crippen molar-refractivity contribution >= 4 is 5.91 Å². The van der Waals surface area contributed by atoms with Crippen molar-refractivity contribution in [1.29, 1.82) is 0 Å². The van der Waals surface area contributed by atoms with Crippen LogP contribution in [0.1, 0.15) is 20.3 Å². The Labute approximate surface area is 67.4 Å². The third-order valence-electron chi connectivity index (χ3n) is 1.17. The molecule has 0 aromatic carbocycles. The summed E-state index contributed by atoms with van der Waals surface area (Å²) in [6.07, 6.45) is 0.704. The normalized spacial score (nSPS) is 9.82. The quantitative estimate of drug-likeness (QED) is 0.493. The zero-order chi connectivity index (χ0) is 8.85. The van der Waals surface area contributed by atoms with Gasteiger partial charge in [-0.25, -0.2) is 5.48 Å². The van der Waals surface area contributed by atoms with Crippen LogP contribution < -0.4 is 5.48 Å². The second-order valence-electron chi connectivity index (χ2n) is 2.84. The SMILES string of the molecule is C=C(CC(C)C)C(=O)NOC. The summed E-state index contributed by atoms with van der Waals surface area (Å²) in [6.45, 7) is 7.69. The van der Waals surface area contributed by atoms with Crippen LogP contribution in [-0.4, -0.2) is 13.0 Å². The maximum absolute atomic E-state index is 10.9. The van der Waals surface area contributed by atoms with Crippen molar-refractivity contribution in [1.82, 2.24) is 5.48 Å². The summed E-state index contributed by atoms with van der Waals surface area (Å²) in [4.78, 5) is 15.4. The molecule has 64 valence electrons. The van der Waals surface area contributed by atoms with E-state index in [4.69, 9.17) is 0 Å². The number of hydroxylamine groups is 1. The van der Waals surface area contributed by atoms with E-state index in [1.54, 1.807) is 0 Å². The van der Waals surface area contributed by atoms with Gasteiger partial charge >= 0.3 is 0 Å². The van der Waals surface area contributed by atoms with E-state index in [-0.39, 0.29) is 5.91 Å². The fourth-order valence-corrected chi connectivity index (χ4v) is 0.750. The monoisotopic (exact) mass is 157 g/mol. The molecule has 3 nitrogen and oxygen atoms in total. The molecule has 0 aliphatic rings. The molecule has 0 heterocycles. The molecule has 0 spiro atoms. The Bertz CT molecular complexity index is 152. The molecule has 0 aliphatic heterocycles. The maximum atomic E-state index is 10.9. The summed E-state index contributed by atoms with van der Waals surface area (Å²) in [5.74, 6) is 0.214. The molecule has 0 saturated heterocycles. The molecular formula is C8H15NO2. The molecule has 0 rings (SSSR count). The highest BCUT2D eigenvalue weighted by molar-refractivity contribution is 5.91. The first kappa shape index (κ1) is 10.2. The molecule has 1 N–H and O–H groups in total. The van der Waals surface area contributed by atoms with Crippen LogP contribution in [0.5, 0.6) is 0 Å². The Morgan fingerprint density at radius 3 is 2.55 bits per heavy atom. The van der Waals surface area contributed by atoms with E-state index < -0.39 is 0 Å². The van der Waals surface area contributed by atoms with E-state index in [0.717, 1.165) is 0 Å². The molecule has 0 aromatic heterocycles. The van der Waals surface area contributed by atoms with Crippen LogP contribution in [0.15, 0.2) is 12.2 Å². The molecule has 0 bridgehead atoms. The van der Waals surface area contributed by atoms with E-state index in [0.29, 0.717) is 17.9 Å². The molecule has 3 heteroatoms. The minimum absolute atomic E-state index is 0.235. The molecule has 0 radical (unpaired) electrons. The molecule has 11 heavy (non-hydrogen) atoms. The van der Waals surface area contributed by atoms with Crippen LogP contribution >= 0.6 is 0 Å². The number of amides is 1. The fourth-order valence-electron chi connectivity index (χ4n) is 0.750. The van der Waals surface area contributed by atoms with Gasteiger partial charge in [-0.05, 0) is 12.3 Å². The van der Waals surface area contributed by atoms with E-state index >= 15 is 0 Å². The summed E-state index contributed by atoms with van der Waals surface area (Å²) in [5, 5.41) is 0. The van der Waals surface area contributed by atoms with Crippen LogP contribution in [0.2, 0.25) is 0 Å². The minimum atomic E-state index is -0.235. The van der Waals surface area contributed by atoms with Crippen LogP contribution in [0.4, 0.5) is 0 Å². The van der Waals surface area contributed by atoms with Gasteiger partial charge in [-0.15, -0.1) is 0 Å². The van der Waals surface area contributed by atoms with Gasteiger partial charge in [-0.2, -0.15) is 0 Å². The lowest BCUT2D eigenvalue weighted by Gasteiger charge is -2.06. The van der Waals surface area contributed by atoms with Gasteiger partial charge in [-0.3, -0.25) is 9.63 Å². The van der Waals surface area contributed by atoms with Crippen molar-refractivity contribution in [3.63, 3.8) is 0 Å². The van der Waals surface area contributed by atoms with Crippen LogP contribution in [0, 0.1) is 5.92 Å². The average molecular weight is 157 g/mol. The molecular weight excluding hydrogens is 142 g/mol. The summed E-state index contributed by atoms with van der Waals surface area (Å²) in [5.41, 5.74) is 2.77. The second kappa shape index (κ2) is 4.91. The number of rotatable bonds is 4. The molecule has 1 amide bonds. The Hall–Kier alpha value is -0.830. The van der Waals surface area contributed by atoms with Crippen molar-refractivity contribution in [2.45, 2.75) is 20.3 Å². The predicted octanol–water partition coefficient (Wildman–Crippen LogP) is 1.27. The van der Waals surface area contributed by atoms with Gasteiger partial charge in [0.2, 0.25) is 0 Å². The third-order valence-corrected chi connectivity index (χ3v) is 1.17. The smallest absolute Gasteiger partial charge is 0.270 e. The van der Waals surface area contributed by atoms with Gasteiger partial charge in [0.15, 0.2) is 0 Å². The topological polar surface area (TPSA) is 38.3 Å². The Morgan fingerprint density at radius 1 is 1.64 bits per heavy atom. The van der Waals surface area contributed by atoms with Crippen molar-refractivity contribution in [3.05, 3.63) is 12.2 Å². The van der Waals surface area contributed by atoms with Crippen LogP contribution in [-0.2, 0) is 9.63 Å². The number of hydrogen-bond donors (Lipinski definition) is 1. The zero-order valence-corrected chi connectivity index (χ0v) is 7.31. The highest BCUT2D eigenvalue weighted by atomic mass is 16.6. The molecule has 0 atom stereocenters. The zero-order valence-electron chi connectivity index (χ0n) is 7.31. The first-order valence-corrected chi connectivity index (χ1v) is 3.59. The van der Waals surface area contributed by atoms with E-state index in [1.165, 1.54) is 7.11 Å². The standard InChI is InChI=1S/C8H15NO2/c1-6(2)5-7(3)8(10)9-11-4/h6H,3,5H2,1-2,4H3,(H,9,10). The van der Waals surface area contributed by atoms with Crippen molar-refractivity contribution in [2.24, 2.45) is 5.92 Å². The summed E-state index contributed by atoms with van der Waals surface area (Å²) in [7, 11) is 1.40. The molecule has 0 aliphatic carbocycles. The maximum Gasteiger partial charge on any atom is 0.270 e. The second-order valence-corrected chi connectivity index (χ2v) is 2.84. The predicted molar refractivity (Wildman–Crippen MR) is 43.7 cm³/mol. The first-order valence-electron chi connectivity index (χ1n) is 3.59. The summed E-state index contributed by atoms with van der Waals surface area (Å²) < 4.78 is 0. The largest absolute Gasteiger partial charge is 0.277 e. The van der Waals surface area contributed by atoms with E-state index in [9.17, 15) is 4.79 Å².